The van der Waals surface area contributed by atoms with Gasteiger partial charge in [0, 0.05) is 18.0 Å². The minimum atomic E-state index is -3.38. The van der Waals surface area contributed by atoms with Gasteiger partial charge in [-0.25, -0.2) is 8.42 Å². The number of hydrogen-bond acceptors (Lipinski definition) is 4. The molecule has 1 aliphatic heterocycles. The number of thiophene rings is 1. The lowest BCUT2D eigenvalue weighted by atomic mass is 10.2. The van der Waals surface area contributed by atoms with E-state index in [0.29, 0.717) is 18.0 Å². The van der Waals surface area contributed by atoms with E-state index in [9.17, 15) is 8.42 Å². The predicted molar refractivity (Wildman–Crippen MR) is 62.9 cm³/mol. The molecule has 1 aromatic heterocycles. The number of aliphatic hydroxyl groups is 1. The summed E-state index contributed by atoms with van der Waals surface area (Å²) in [6.45, 7) is 0.992. The van der Waals surface area contributed by atoms with E-state index in [-0.39, 0.29) is 11.5 Å². The molecule has 1 N–H and O–H groups in total. The first kappa shape index (κ1) is 12.0. The molecule has 0 saturated carbocycles. The second-order valence-corrected chi connectivity index (χ2v) is 6.74. The molecule has 0 atom stereocenters. The third kappa shape index (κ3) is 2.15. The van der Waals surface area contributed by atoms with Crippen LogP contribution in [-0.2, 0) is 16.6 Å². The van der Waals surface area contributed by atoms with Gasteiger partial charge < -0.3 is 5.11 Å². The van der Waals surface area contributed by atoms with Gasteiger partial charge in [0.1, 0.15) is 0 Å². The van der Waals surface area contributed by atoms with Crippen LogP contribution in [0.3, 0.4) is 0 Å². The van der Waals surface area contributed by atoms with E-state index in [2.05, 4.69) is 0 Å². The highest BCUT2D eigenvalue weighted by Crippen LogP contribution is 2.27. The average Bonchev–Trinajstić information content (AvgIpc) is 2.79. The summed E-state index contributed by atoms with van der Waals surface area (Å²) in [5.41, 5.74) is 0. The summed E-state index contributed by atoms with van der Waals surface area (Å²) in [5, 5.41) is 10.8. The van der Waals surface area contributed by atoms with Crippen LogP contribution in [0.4, 0.5) is 0 Å². The van der Waals surface area contributed by atoms with Crippen LogP contribution in [0, 0.1) is 0 Å². The zero-order chi connectivity index (χ0) is 11.6. The van der Waals surface area contributed by atoms with Crippen LogP contribution in [0.5, 0.6) is 0 Å². The van der Waals surface area contributed by atoms with Crippen LogP contribution in [0.2, 0.25) is 0 Å². The fourth-order valence-electron chi connectivity index (χ4n) is 1.92. The lowest BCUT2D eigenvalue weighted by molar-refractivity contribution is 0.281. The Labute approximate surface area is 99.6 Å². The molecule has 1 saturated heterocycles. The van der Waals surface area contributed by atoms with Crippen LogP contribution in [0.1, 0.15) is 24.1 Å². The van der Waals surface area contributed by atoms with E-state index < -0.39 is 10.0 Å². The Balaban J connectivity index is 2.30. The fraction of sp³-hybridized carbons (Fsp3) is 0.600. The molecule has 6 heteroatoms. The largest absolute Gasteiger partial charge is 0.391 e. The van der Waals surface area contributed by atoms with Crippen molar-refractivity contribution in [2.45, 2.75) is 30.8 Å². The molecule has 0 spiro atoms. The highest BCUT2D eigenvalue weighted by atomic mass is 32.2. The van der Waals surface area contributed by atoms with Crippen molar-refractivity contribution in [1.29, 1.82) is 0 Å². The van der Waals surface area contributed by atoms with E-state index in [1.54, 1.807) is 11.4 Å². The van der Waals surface area contributed by atoms with Crippen molar-refractivity contribution in [3.05, 3.63) is 16.3 Å². The van der Waals surface area contributed by atoms with Gasteiger partial charge in [-0.2, -0.15) is 4.31 Å². The maximum atomic E-state index is 12.2. The Bertz CT molecular complexity index is 446. The van der Waals surface area contributed by atoms with Gasteiger partial charge in [-0.05, 0) is 24.3 Å². The Kier molecular flexibility index (Phi) is 3.63. The predicted octanol–water partition coefficient (Wildman–Crippen LogP) is 1.42. The van der Waals surface area contributed by atoms with Crippen LogP contribution < -0.4 is 0 Å². The van der Waals surface area contributed by atoms with Gasteiger partial charge in [-0.1, -0.05) is 6.42 Å². The molecule has 0 aliphatic carbocycles. The summed E-state index contributed by atoms with van der Waals surface area (Å²) in [6, 6.07) is 1.58. The molecule has 0 radical (unpaired) electrons. The molecule has 2 heterocycles. The van der Waals surface area contributed by atoms with E-state index >= 15 is 0 Å². The SMILES string of the molecule is O=S(=O)(c1ccsc1CO)N1CCCCC1. The Morgan fingerprint density at radius 3 is 2.62 bits per heavy atom. The van der Waals surface area contributed by atoms with Gasteiger partial charge >= 0.3 is 0 Å². The van der Waals surface area contributed by atoms with Crippen LogP contribution in [0.15, 0.2) is 16.3 Å². The molecular formula is C10H15NO3S2. The van der Waals surface area contributed by atoms with Gasteiger partial charge in [-0.15, -0.1) is 11.3 Å². The molecule has 0 amide bonds. The number of sulfonamides is 1. The lowest BCUT2D eigenvalue weighted by Gasteiger charge is -2.25. The average molecular weight is 261 g/mol. The maximum absolute atomic E-state index is 12.2. The number of piperidine rings is 1. The molecule has 2 rings (SSSR count). The van der Waals surface area contributed by atoms with Gasteiger partial charge in [0.25, 0.3) is 0 Å². The standard InChI is InChI=1S/C10H15NO3S2/c12-8-9-10(4-7-15-9)16(13,14)11-5-2-1-3-6-11/h4,7,12H,1-3,5-6,8H2. The summed E-state index contributed by atoms with van der Waals surface area (Å²) in [5.74, 6) is 0. The van der Waals surface area contributed by atoms with E-state index in [4.69, 9.17) is 5.11 Å². The van der Waals surface area contributed by atoms with Crippen molar-refractivity contribution < 1.29 is 13.5 Å². The van der Waals surface area contributed by atoms with E-state index in [1.807, 2.05) is 0 Å². The van der Waals surface area contributed by atoms with Crippen molar-refractivity contribution in [2.24, 2.45) is 0 Å². The number of rotatable bonds is 3. The van der Waals surface area contributed by atoms with Crippen LogP contribution >= 0.6 is 11.3 Å². The normalized spacial score (nSPS) is 18.8. The summed E-state index contributed by atoms with van der Waals surface area (Å²) >= 11 is 1.28. The molecule has 0 unspecified atom stereocenters. The summed E-state index contributed by atoms with van der Waals surface area (Å²) in [7, 11) is -3.38. The highest BCUT2D eigenvalue weighted by Gasteiger charge is 2.28. The van der Waals surface area contributed by atoms with Gasteiger partial charge in [0.2, 0.25) is 10.0 Å². The summed E-state index contributed by atoms with van der Waals surface area (Å²) < 4.78 is 26.0. The second-order valence-electron chi connectivity index (χ2n) is 3.83. The first-order valence-corrected chi connectivity index (χ1v) is 7.65. The molecule has 1 aliphatic rings. The molecule has 16 heavy (non-hydrogen) atoms. The second kappa shape index (κ2) is 4.83. The molecule has 1 aromatic rings. The van der Waals surface area contributed by atoms with E-state index in [1.165, 1.54) is 15.6 Å². The molecular weight excluding hydrogens is 246 g/mol. The summed E-state index contributed by atoms with van der Waals surface area (Å²) in [6.07, 6.45) is 2.96. The quantitative estimate of drug-likeness (QED) is 0.895. The third-order valence-corrected chi connectivity index (χ3v) is 5.80. The fourth-order valence-corrected chi connectivity index (χ4v) is 4.70. The summed E-state index contributed by atoms with van der Waals surface area (Å²) in [4.78, 5) is 0.812. The molecule has 0 aromatic carbocycles. The molecule has 90 valence electrons. The number of aliphatic hydroxyl groups excluding tert-OH is 1. The first-order chi connectivity index (χ1) is 7.66. The van der Waals surface area contributed by atoms with Crippen molar-refractivity contribution in [3.8, 4) is 0 Å². The molecule has 1 fully saturated rings. The Hall–Kier alpha value is -0.430. The van der Waals surface area contributed by atoms with Crippen LogP contribution in [0.25, 0.3) is 0 Å². The Morgan fingerprint density at radius 1 is 1.31 bits per heavy atom. The highest BCUT2D eigenvalue weighted by molar-refractivity contribution is 7.89. The first-order valence-electron chi connectivity index (χ1n) is 5.33. The van der Waals surface area contributed by atoms with E-state index in [0.717, 1.165) is 19.3 Å². The number of nitrogens with zero attached hydrogens (tertiary/aromatic N) is 1. The van der Waals surface area contributed by atoms with Crippen LogP contribution in [-0.4, -0.2) is 30.9 Å². The maximum Gasteiger partial charge on any atom is 0.244 e. The monoisotopic (exact) mass is 261 g/mol. The molecule has 4 nitrogen and oxygen atoms in total. The van der Waals surface area contributed by atoms with Gasteiger partial charge in [-0.3, -0.25) is 0 Å². The minimum Gasteiger partial charge on any atom is -0.391 e. The van der Waals surface area contributed by atoms with Gasteiger partial charge in [0.05, 0.1) is 11.5 Å². The van der Waals surface area contributed by atoms with Crippen molar-refractivity contribution in [2.75, 3.05) is 13.1 Å². The van der Waals surface area contributed by atoms with Crippen molar-refractivity contribution >= 4 is 21.4 Å². The lowest BCUT2D eigenvalue weighted by Crippen LogP contribution is -2.35. The Morgan fingerprint density at radius 2 is 2.00 bits per heavy atom. The van der Waals surface area contributed by atoms with Gasteiger partial charge in [0.15, 0.2) is 0 Å². The zero-order valence-electron chi connectivity index (χ0n) is 8.92. The number of hydrogen-bond donors (Lipinski definition) is 1. The molecule has 0 bridgehead atoms. The third-order valence-electron chi connectivity index (χ3n) is 2.78. The van der Waals surface area contributed by atoms with Crippen molar-refractivity contribution in [1.82, 2.24) is 4.31 Å². The van der Waals surface area contributed by atoms with Crippen molar-refractivity contribution in [3.63, 3.8) is 0 Å². The minimum absolute atomic E-state index is 0.208. The zero-order valence-corrected chi connectivity index (χ0v) is 10.6. The smallest absolute Gasteiger partial charge is 0.244 e. The topological polar surface area (TPSA) is 57.6 Å².